The number of aryl methyl sites for hydroxylation is 1. The molecule has 0 saturated carbocycles. The molecule has 2 aromatic rings. The molecule has 1 aromatic heterocycles. The number of fused-ring (bicyclic) bond motifs is 1. The summed E-state index contributed by atoms with van der Waals surface area (Å²) in [5.41, 5.74) is 1.98. The van der Waals surface area contributed by atoms with E-state index in [1.165, 1.54) is 6.07 Å². The maximum atomic E-state index is 12.4. The molecule has 5 nitrogen and oxygen atoms in total. The molecular formula is C16H18F2N2O3. The minimum absolute atomic E-state index is 0.0295. The first-order valence-corrected chi connectivity index (χ1v) is 7.30. The lowest BCUT2D eigenvalue weighted by molar-refractivity contribution is -0.128. The number of ether oxygens (including phenoxy) is 2. The quantitative estimate of drug-likeness (QED) is 0.855. The molecule has 1 aliphatic rings. The molecule has 0 unspecified atom stereocenters. The van der Waals surface area contributed by atoms with Crippen molar-refractivity contribution in [1.29, 1.82) is 0 Å². The molecule has 0 radical (unpaired) electrons. The number of alkyl halides is 2. The van der Waals surface area contributed by atoms with Crippen molar-refractivity contribution in [3.05, 3.63) is 30.0 Å². The highest BCUT2D eigenvalue weighted by atomic mass is 19.3. The normalized spacial score (nSPS) is 16.4. The summed E-state index contributed by atoms with van der Waals surface area (Å²) in [5, 5.41) is 13.5. The number of aliphatic hydroxyl groups is 1. The highest BCUT2D eigenvalue weighted by Gasteiger charge is 2.37. The van der Waals surface area contributed by atoms with Crippen LogP contribution in [0.5, 0.6) is 5.75 Å². The van der Waals surface area contributed by atoms with Crippen molar-refractivity contribution in [1.82, 2.24) is 4.98 Å². The van der Waals surface area contributed by atoms with Crippen molar-refractivity contribution in [3.63, 3.8) is 0 Å². The number of hydrogen-bond donors (Lipinski definition) is 2. The predicted octanol–water partition coefficient (Wildman–Crippen LogP) is 2.57. The number of nitrogens with one attached hydrogen (secondary N) is 1. The molecule has 124 valence electrons. The lowest BCUT2D eigenvalue weighted by Gasteiger charge is -2.40. The maximum Gasteiger partial charge on any atom is 0.387 e. The summed E-state index contributed by atoms with van der Waals surface area (Å²) in [5.74, 6) is 0.0880. The fraction of sp³-hybridized carbons (Fsp3) is 0.438. The van der Waals surface area contributed by atoms with Crippen LogP contribution in [-0.2, 0) is 4.74 Å². The predicted molar refractivity (Wildman–Crippen MR) is 81.9 cm³/mol. The van der Waals surface area contributed by atoms with Gasteiger partial charge in [0.25, 0.3) is 0 Å². The zero-order chi connectivity index (χ0) is 16.4. The van der Waals surface area contributed by atoms with E-state index in [1.807, 2.05) is 13.0 Å². The molecule has 0 aliphatic carbocycles. The summed E-state index contributed by atoms with van der Waals surface area (Å²) in [6.07, 6.45) is 0. The number of aliphatic hydroxyl groups excluding tert-OH is 1. The van der Waals surface area contributed by atoms with Crippen LogP contribution in [-0.4, -0.2) is 43.1 Å². The van der Waals surface area contributed by atoms with Gasteiger partial charge in [-0.1, -0.05) is 0 Å². The van der Waals surface area contributed by atoms with Crippen LogP contribution in [0.25, 0.3) is 10.9 Å². The fourth-order valence-electron chi connectivity index (χ4n) is 2.58. The van der Waals surface area contributed by atoms with Crippen LogP contribution in [0.15, 0.2) is 24.3 Å². The molecule has 23 heavy (non-hydrogen) atoms. The molecule has 0 atom stereocenters. The van der Waals surface area contributed by atoms with Crippen LogP contribution in [0.4, 0.5) is 14.5 Å². The van der Waals surface area contributed by atoms with E-state index in [0.29, 0.717) is 30.7 Å². The Labute approximate surface area is 132 Å². The van der Waals surface area contributed by atoms with Gasteiger partial charge in [0.05, 0.1) is 30.8 Å². The van der Waals surface area contributed by atoms with Gasteiger partial charge in [0, 0.05) is 23.3 Å². The van der Waals surface area contributed by atoms with Crippen molar-refractivity contribution >= 4 is 16.6 Å². The Morgan fingerprint density at radius 1 is 1.39 bits per heavy atom. The number of rotatable bonds is 6. The summed E-state index contributed by atoms with van der Waals surface area (Å²) < 4.78 is 34.4. The fourth-order valence-corrected chi connectivity index (χ4v) is 2.58. The molecule has 0 amide bonds. The Bertz CT molecular complexity index is 700. The second-order valence-electron chi connectivity index (χ2n) is 5.87. The van der Waals surface area contributed by atoms with E-state index in [-0.39, 0.29) is 17.8 Å². The summed E-state index contributed by atoms with van der Waals surface area (Å²) in [6.45, 7) is 0.551. The smallest absolute Gasteiger partial charge is 0.387 e. The van der Waals surface area contributed by atoms with Crippen molar-refractivity contribution < 1.29 is 23.4 Å². The van der Waals surface area contributed by atoms with E-state index in [4.69, 9.17) is 4.74 Å². The van der Waals surface area contributed by atoms with Gasteiger partial charge in [-0.05, 0) is 31.2 Å². The molecule has 0 bridgehead atoms. The first-order valence-electron chi connectivity index (χ1n) is 7.30. The first kappa shape index (κ1) is 15.9. The van der Waals surface area contributed by atoms with Crippen molar-refractivity contribution in [2.45, 2.75) is 13.5 Å². The SMILES string of the molecule is Cc1cc(NCC2(CO)COC2)c2cc(OC(F)F)ccc2n1. The minimum atomic E-state index is -2.87. The summed E-state index contributed by atoms with van der Waals surface area (Å²) in [6, 6.07) is 6.51. The zero-order valence-electron chi connectivity index (χ0n) is 12.7. The van der Waals surface area contributed by atoms with E-state index < -0.39 is 6.61 Å². The van der Waals surface area contributed by atoms with Crippen molar-refractivity contribution in [2.24, 2.45) is 5.41 Å². The molecule has 2 heterocycles. The third-order valence-electron chi connectivity index (χ3n) is 3.94. The second-order valence-corrected chi connectivity index (χ2v) is 5.87. The van der Waals surface area contributed by atoms with Crippen molar-refractivity contribution in [3.8, 4) is 5.75 Å². The largest absolute Gasteiger partial charge is 0.435 e. The lowest BCUT2D eigenvalue weighted by atomic mass is 9.87. The Hall–Kier alpha value is -1.99. The second kappa shape index (κ2) is 6.25. The van der Waals surface area contributed by atoms with Gasteiger partial charge in [-0.15, -0.1) is 0 Å². The summed E-state index contributed by atoms with van der Waals surface area (Å²) in [4.78, 5) is 4.40. The van der Waals surface area contributed by atoms with Gasteiger partial charge in [-0.25, -0.2) is 0 Å². The molecular weight excluding hydrogens is 306 g/mol. The van der Waals surface area contributed by atoms with Crippen molar-refractivity contribution in [2.75, 3.05) is 31.7 Å². The Morgan fingerprint density at radius 2 is 2.17 bits per heavy atom. The number of nitrogens with zero attached hydrogens (tertiary/aromatic N) is 1. The Morgan fingerprint density at radius 3 is 2.78 bits per heavy atom. The summed E-state index contributed by atoms with van der Waals surface area (Å²) in [7, 11) is 0. The number of hydrogen-bond acceptors (Lipinski definition) is 5. The van der Waals surface area contributed by atoms with Gasteiger partial charge < -0.3 is 19.9 Å². The number of halogens is 2. The van der Waals surface area contributed by atoms with Gasteiger partial charge in [0.2, 0.25) is 0 Å². The van der Waals surface area contributed by atoms with Gasteiger partial charge in [0.15, 0.2) is 0 Å². The first-order chi connectivity index (χ1) is 11.0. The van der Waals surface area contributed by atoms with E-state index >= 15 is 0 Å². The number of pyridine rings is 1. The highest BCUT2D eigenvalue weighted by molar-refractivity contribution is 5.92. The van der Waals surface area contributed by atoms with Gasteiger partial charge in [0.1, 0.15) is 5.75 Å². The Kier molecular flexibility index (Phi) is 4.32. The third-order valence-corrected chi connectivity index (χ3v) is 3.94. The minimum Gasteiger partial charge on any atom is -0.435 e. The number of benzene rings is 1. The van der Waals surface area contributed by atoms with E-state index in [1.54, 1.807) is 12.1 Å². The molecule has 3 rings (SSSR count). The van der Waals surface area contributed by atoms with Gasteiger partial charge in [-0.3, -0.25) is 4.98 Å². The molecule has 7 heteroatoms. The standard InChI is InChI=1S/C16H18F2N2O3/c1-10-4-14(19-6-16(7-21)8-22-9-16)12-5-11(23-15(17)18)2-3-13(12)20-10/h2-5,15,21H,6-9H2,1H3,(H,19,20). The molecule has 0 spiro atoms. The average molecular weight is 324 g/mol. The third kappa shape index (κ3) is 3.35. The molecule has 1 aliphatic heterocycles. The van der Waals surface area contributed by atoms with Crippen LogP contribution < -0.4 is 10.1 Å². The van der Waals surface area contributed by atoms with Gasteiger partial charge >= 0.3 is 6.61 Å². The Balaban J connectivity index is 1.90. The number of aromatic nitrogens is 1. The van der Waals surface area contributed by atoms with E-state index in [0.717, 1.165) is 11.4 Å². The average Bonchev–Trinajstić information content (AvgIpc) is 2.46. The number of anilines is 1. The lowest BCUT2D eigenvalue weighted by Crippen LogP contribution is -2.50. The topological polar surface area (TPSA) is 63.6 Å². The van der Waals surface area contributed by atoms with E-state index in [9.17, 15) is 13.9 Å². The zero-order valence-corrected chi connectivity index (χ0v) is 12.7. The molecule has 1 fully saturated rings. The maximum absolute atomic E-state index is 12.4. The van der Waals surface area contributed by atoms with E-state index in [2.05, 4.69) is 15.0 Å². The highest BCUT2D eigenvalue weighted by Crippen LogP contribution is 2.31. The van der Waals surface area contributed by atoms with Gasteiger partial charge in [-0.2, -0.15) is 8.78 Å². The van der Waals surface area contributed by atoms with Crippen LogP contribution in [0.3, 0.4) is 0 Å². The molecule has 1 aromatic carbocycles. The molecule has 1 saturated heterocycles. The van der Waals surface area contributed by atoms with Crippen LogP contribution in [0.2, 0.25) is 0 Å². The van der Waals surface area contributed by atoms with Crippen LogP contribution in [0.1, 0.15) is 5.69 Å². The van der Waals surface area contributed by atoms with Crippen LogP contribution in [0, 0.1) is 12.3 Å². The van der Waals surface area contributed by atoms with Crippen LogP contribution >= 0.6 is 0 Å². The monoisotopic (exact) mass is 324 g/mol. The molecule has 2 N–H and O–H groups in total. The summed E-state index contributed by atoms with van der Waals surface area (Å²) >= 11 is 0.